The predicted octanol–water partition coefficient (Wildman–Crippen LogP) is 0.960. The summed E-state index contributed by atoms with van der Waals surface area (Å²) in [5.74, 6) is 0.883. The number of hydrogen-bond donors (Lipinski definition) is 2. The fourth-order valence-corrected chi connectivity index (χ4v) is 3.29. The van der Waals surface area contributed by atoms with Gasteiger partial charge in [0.25, 0.3) is 0 Å². The van der Waals surface area contributed by atoms with Crippen molar-refractivity contribution in [2.45, 2.75) is 51.1 Å². The Bertz CT molecular complexity index is 287. The quantitative estimate of drug-likeness (QED) is 0.770. The van der Waals surface area contributed by atoms with Gasteiger partial charge in [0.05, 0.1) is 0 Å². The molecule has 1 saturated carbocycles. The molecular weight excluding hydrogens is 226 g/mol. The first kappa shape index (κ1) is 13.8. The van der Waals surface area contributed by atoms with Crippen molar-refractivity contribution >= 4 is 5.91 Å². The fourth-order valence-electron chi connectivity index (χ4n) is 3.29. The lowest BCUT2D eigenvalue weighted by atomic mass is 9.77. The summed E-state index contributed by atoms with van der Waals surface area (Å²) in [6.45, 7) is 4.35. The molecule has 1 saturated heterocycles. The van der Waals surface area contributed by atoms with Crippen molar-refractivity contribution in [3.63, 3.8) is 0 Å². The fraction of sp³-hybridized carbons (Fsp3) is 0.929. The maximum atomic E-state index is 12.3. The highest BCUT2D eigenvalue weighted by molar-refractivity contribution is 5.79. The van der Waals surface area contributed by atoms with Crippen LogP contribution in [0.2, 0.25) is 0 Å². The third kappa shape index (κ3) is 3.45. The summed E-state index contributed by atoms with van der Waals surface area (Å²) < 4.78 is 0. The second kappa shape index (κ2) is 6.02. The normalized spacial score (nSPS) is 35.4. The second-order valence-corrected chi connectivity index (χ2v) is 6.24. The Kier molecular flexibility index (Phi) is 4.62. The Morgan fingerprint density at radius 1 is 1.22 bits per heavy atom. The van der Waals surface area contributed by atoms with Crippen LogP contribution in [0.25, 0.3) is 0 Å². The Hall–Kier alpha value is -0.610. The van der Waals surface area contributed by atoms with Crippen molar-refractivity contribution in [2.24, 2.45) is 17.6 Å². The van der Waals surface area contributed by atoms with E-state index in [4.69, 9.17) is 5.73 Å². The topological polar surface area (TPSA) is 58.4 Å². The van der Waals surface area contributed by atoms with Gasteiger partial charge in [0.1, 0.15) is 0 Å². The van der Waals surface area contributed by atoms with Gasteiger partial charge >= 0.3 is 0 Å². The summed E-state index contributed by atoms with van der Waals surface area (Å²) >= 11 is 0. The molecule has 3 unspecified atom stereocenters. The molecule has 3 N–H and O–H groups in total. The van der Waals surface area contributed by atoms with E-state index in [9.17, 15) is 4.79 Å². The van der Waals surface area contributed by atoms with E-state index in [1.165, 1.54) is 0 Å². The predicted molar refractivity (Wildman–Crippen MR) is 73.1 cm³/mol. The zero-order valence-corrected chi connectivity index (χ0v) is 11.7. The number of likely N-dealkylation sites (tertiary alicyclic amines) is 1. The molecule has 2 fully saturated rings. The number of rotatable bonds is 2. The van der Waals surface area contributed by atoms with Crippen LogP contribution in [-0.4, -0.2) is 43.0 Å². The third-order valence-electron chi connectivity index (χ3n) is 4.61. The van der Waals surface area contributed by atoms with E-state index >= 15 is 0 Å². The van der Waals surface area contributed by atoms with Gasteiger partial charge in [0, 0.05) is 18.0 Å². The van der Waals surface area contributed by atoms with Crippen molar-refractivity contribution in [3.05, 3.63) is 0 Å². The van der Waals surface area contributed by atoms with Crippen LogP contribution in [-0.2, 0) is 4.79 Å². The summed E-state index contributed by atoms with van der Waals surface area (Å²) in [5.41, 5.74) is 5.95. The monoisotopic (exact) mass is 253 g/mol. The Labute approximate surface area is 110 Å². The van der Waals surface area contributed by atoms with Crippen LogP contribution < -0.4 is 11.1 Å². The minimum atomic E-state index is 0.185. The summed E-state index contributed by atoms with van der Waals surface area (Å²) in [5, 5.41) is 3.25. The van der Waals surface area contributed by atoms with Gasteiger partial charge in [0.15, 0.2) is 0 Å². The van der Waals surface area contributed by atoms with Crippen molar-refractivity contribution in [2.75, 3.05) is 20.1 Å². The van der Waals surface area contributed by atoms with Crippen LogP contribution in [0, 0.1) is 11.8 Å². The first-order valence-electron chi connectivity index (χ1n) is 7.30. The minimum absolute atomic E-state index is 0.185. The Balaban J connectivity index is 1.80. The van der Waals surface area contributed by atoms with Crippen LogP contribution in [0.4, 0.5) is 0 Å². The van der Waals surface area contributed by atoms with Gasteiger partial charge in [-0.3, -0.25) is 4.79 Å². The van der Waals surface area contributed by atoms with E-state index < -0.39 is 0 Å². The van der Waals surface area contributed by atoms with E-state index in [0.717, 1.165) is 45.2 Å². The van der Waals surface area contributed by atoms with Crippen LogP contribution in [0.1, 0.15) is 39.0 Å². The molecule has 0 aromatic heterocycles. The summed E-state index contributed by atoms with van der Waals surface area (Å²) in [6, 6.07) is 0.684. The number of piperidine rings is 1. The van der Waals surface area contributed by atoms with Crippen LogP contribution >= 0.6 is 0 Å². The van der Waals surface area contributed by atoms with E-state index in [-0.39, 0.29) is 11.8 Å². The zero-order chi connectivity index (χ0) is 13.1. The first-order valence-corrected chi connectivity index (χ1v) is 7.30. The number of nitrogens with two attached hydrogens (primary N) is 1. The molecule has 1 aliphatic carbocycles. The average Bonchev–Trinajstić information content (AvgIpc) is 2.32. The summed E-state index contributed by atoms with van der Waals surface area (Å²) in [6.07, 6.45) is 5.12. The number of nitrogens with zero attached hydrogens (tertiary/aromatic N) is 1. The summed E-state index contributed by atoms with van der Waals surface area (Å²) in [7, 11) is 2.14. The third-order valence-corrected chi connectivity index (χ3v) is 4.61. The second-order valence-electron chi connectivity index (χ2n) is 6.24. The standard InChI is InChI=1S/C14H27N3O/c1-10-9-11(15)3-4-13(10)14(18)16-12-5-7-17(2)8-6-12/h10-13H,3-9,15H2,1-2H3,(H,16,18). The van der Waals surface area contributed by atoms with E-state index in [2.05, 4.69) is 24.2 Å². The number of hydrogen-bond acceptors (Lipinski definition) is 3. The smallest absolute Gasteiger partial charge is 0.223 e. The molecule has 4 nitrogen and oxygen atoms in total. The van der Waals surface area contributed by atoms with Crippen molar-refractivity contribution in [1.82, 2.24) is 10.2 Å². The van der Waals surface area contributed by atoms with Crippen LogP contribution in [0.5, 0.6) is 0 Å². The number of carbonyl (C=O) groups excluding carboxylic acids is 1. The highest BCUT2D eigenvalue weighted by Gasteiger charge is 2.32. The molecule has 4 heteroatoms. The molecule has 2 aliphatic rings. The zero-order valence-electron chi connectivity index (χ0n) is 11.7. The molecule has 0 radical (unpaired) electrons. The largest absolute Gasteiger partial charge is 0.353 e. The van der Waals surface area contributed by atoms with Gasteiger partial charge < -0.3 is 16.0 Å². The molecule has 18 heavy (non-hydrogen) atoms. The van der Waals surface area contributed by atoms with E-state index in [1.54, 1.807) is 0 Å². The van der Waals surface area contributed by atoms with Gasteiger partial charge in [0.2, 0.25) is 5.91 Å². The molecule has 0 bridgehead atoms. The van der Waals surface area contributed by atoms with Crippen molar-refractivity contribution < 1.29 is 4.79 Å². The molecular formula is C14H27N3O. The van der Waals surface area contributed by atoms with E-state index in [0.29, 0.717) is 18.0 Å². The lowest BCUT2D eigenvalue weighted by molar-refractivity contribution is -0.128. The lowest BCUT2D eigenvalue weighted by Gasteiger charge is -2.34. The number of amides is 1. The van der Waals surface area contributed by atoms with Crippen molar-refractivity contribution in [1.29, 1.82) is 0 Å². The van der Waals surface area contributed by atoms with Crippen LogP contribution in [0.3, 0.4) is 0 Å². The van der Waals surface area contributed by atoms with E-state index in [1.807, 2.05) is 0 Å². The lowest BCUT2D eigenvalue weighted by Crippen LogP contribution is -2.47. The Morgan fingerprint density at radius 2 is 1.89 bits per heavy atom. The van der Waals surface area contributed by atoms with Gasteiger partial charge in [-0.05, 0) is 58.2 Å². The molecule has 104 valence electrons. The maximum Gasteiger partial charge on any atom is 0.223 e. The highest BCUT2D eigenvalue weighted by atomic mass is 16.2. The summed E-state index contributed by atoms with van der Waals surface area (Å²) in [4.78, 5) is 14.6. The minimum Gasteiger partial charge on any atom is -0.353 e. The molecule has 1 heterocycles. The number of nitrogens with one attached hydrogen (secondary N) is 1. The first-order chi connectivity index (χ1) is 8.56. The van der Waals surface area contributed by atoms with Gasteiger partial charge in [-0.2, -0.15) is 0 Å². The van der Waals surface area contributed by atoms with Gasteiger partial charge in [-0.25, -0.2) is 0 Å². The SMILES string of the molecule is CC1CC(N)CCC1C(=O)NC1CCN(C)CC1. The molecule has 1 aliphatic heterocycles. The van der Waals surface area contributed by atoms with Gasteiger partial charge in [-0.15, -0.1) is 0 Å². The van der Waals surface area contributed by atoms with Crippen LogP contribution in [0.15, 0.2) is 0 Å². The van der Waals surface area contributed by atoms with Gasteiger partial charge in [-0.1, -0.05) is 6.92 Å². The molecule has 3 atom stereocenters. The van der Waals surface area contributed by atoms with Crippen molar-refractivity contribution in [3.8, 4) is 0 Å². The number of carbonyl (C=O) groups is 1. The highest BCUT2D eigenvalue weighted by Crippen LogP contribution is 2.29. The molecule has 0 aromatic rings. The molecule has 0 aromatic carbocycles. The molecule has 1 amide bonds. The molecule has 2 rings (SSSR count). The maximum absolute atomic E-state index is 12.3. The average molecular weight is 253 g/mol. The molecule has 0 spiro atoms. The Morgan fingerprint density at radius 3 is 2.50 bits per heavy atom.